The monoisotopic (exact) mass is 134 g/mol. The Morgan fingerprint density at radius 1 is 1.20 bits per heavy atom. The summed E-state index contributed by atoms with van der Waals surface area (Å²) in [7, 11) is 1.00. The molecule has 0 bridgehead atoms. The Balaban J connectivity index is 0.000000371. The number of aliphatic hydroxyl groups is 1. The average Bonchev–Trinajstić information content (AvgIpc) is 2.10. The molecule has 0 spiro atoms. The Hall–Kier alpha value is -1.26. The van der Waals surface area contributed by atoms with Gasteiger partial charge in [0.1, 0.15) is 0 Å². The lowest BCUT2D eigenvalue weighted by Crippen LogP contribution is -1.66. The van der Waals surface area contributed by atoms with Gasteiger partial charge in [-0.25, -0.2) is 0 Å². The van der Waals surface area contributed by atoms with Crippen molar-refractivity contribution in [3.63, 3.8) is 0 Å². The number of terminal acetylenes is 1. The summed E-state index contributed by atoms with van der Waals surface area (Å²) < 4.78 is 0. The summed E-state index contributed by atoms with van der Waals surface area (Å²) in [5.74, 6) is 2.53. The Labute approximate surface area is 61.3 Å². The zero-order valence-electron chi connectivity index (χ0n) is 5.91. The summed E-state index contributed by atoms with van der Waals surface area (Å²) in [6.45, 7) is 0. The van der Waals surface area contributed by atoms with E-state index in [1.54, 1.807) is 0 Å². The largest absolute Gasteiger partial charge is 0.400 e. The van der Waals surface area contributed by atoms with Gasteiger partial charge in [0, 0.05) is 12.7 Å². The van der Waals surface area contributed by atoms with Crippen LogP contribution in [0.1, 0.15) is 5.56 Å². The topological polar surface area (TPSA) is 20.2 Å². The molecule has 0 saturated heterocycles. The molecule has 0 unspecified atom stereocenters. The van der Waals surface area contributed by atoms with Crippen LogP contribution in [-0.4, -0.2) is 12.2 Å². The Morgan fingerprint density at radius 3 is 2.00 bits per heavy atom. The zero-order chi connectivity index (χ0) is 7.82. The minimum atomic E-state index is 0.938. The maximum Gasteiger partial charge on any atom is 0.0319 e. The fraction of sp³-hybridized carbons (Fsp3) is 0.111. The molecule has 0 radical (unpaired) electrons. The molecule has 0 atom stereocenters. The predicted octanol–water partition coefficient (Wildman–Crippen LogP) is 1.28. The molecule has 10 heavy (non-hydrogen) atoms. The normalized spacial score (nSPS) is 6.90. The highest BCUT2D eigenvalue weighted by atomic mass is 16.2. The van der Waals surface area contributed by atoms with Crippen molar-refractivity contribution in [1.29, 1.82) is 0 Å². The molecule has 1 N–H and O–H groups in total. The number of benzene rings is 1. The van der Waals surface area contributed by atoms with Crippen molar-refractivity contribution in [2.75, 3.05) is 7.11 Å². The van der Waals surface area contributed by atoms with Crippen molar-refractivity contribution in [2.45, 2.75) is 0 Å². The summed E-state index contributed by atoms with van der Waals surface area (Å²) in [4.78, 5) is 0. The van der Waals surface area contributed by atoms with E-state index in [1.807, 2.05) is 30.3 Å². The zero-order valence-corrected chi connectivity index (χ0v) is 5.91. The second-order valence-corrected chi connectivity index (χ2v) is 1.51. The van der Waals surface area contributed by atoms with Crippen molar-refractivity contribution in [3.05, 3.63) is 35.9 Å². The molecule has 1 rings (SSSR count). The molecule has 0 fully saturated rings. The first-order valence-electron chi connectivity index (χ1n) is 2.90. The van der Waals surface area contributed by atoms with Crippen LogP contribution in [0, 0.1) is 12.3 Å². The molecule has 0 aromatic heterocycles. The number of rotatable bonds is 0. The lowest BCUT2D eigenvalue weighted by molar-refractivity contribution is 0.399. The Morgan fingerprint density at radius 2 is 1.70 bits per heavy atom. The third-order valence-corrected chi connectivity index (χ3v) is 0.940. The minimum absolute atomic E-state index is 0.938. The highest BCUT2D eigenvalue weighted by Gasteiger charge is 1.76. The van der Waals surface area contributed by atoms with Crippen molar-refractivity contribution in [1.82, 2.24) is 0 Å². The lowest BCUT2D eigenvalue weighted by Gasteiger charge is -1.82. The Kier molecular flexibility index (Phi) is 5.13. The van der Waals surface area contributed by atoms with Gasteiger partial charge in [0.15, 0.2) is 0 Å². The first-order chi connectivity index (χ1) is 4.93. The Bertz CT molecular complexity index is 196. The van der Waals surface area contributed by atoms with E-state index in [-0.39, 0.29) is 0 Å². The van der Waals surface area contributed by atoms with Gasteiger partial charge >= 0.3 is 0 Å². The summed E-state index contributed by atoms with van der Waals surface area (Å²) in [6, 6.07) is 9.60. The van der Waals surface area contributed by atoms with Crippen LogP contribution in [0.2, 0.25) is 0 Å². The number of aliphatic hydroxyl groups excluding tert-OH is 1. The van der Waals surface area contributed by atoms with E-state index in [4.69, 9.17) is 11.5 Å². The second kappa shape index (κ2) is 5.87. The van der Waals surface area contributed by atoms with Crippen LogP contribution in [0.15, 0.2) is 30.3 Å². The van der Waals surface area contributed by atoms with E-state index in [1.165, 1.54) is 0 Å². The molecule has 1 aromatic rings. The minimum Gasteiger partial charge on any atom is -0.400 e. The number of hydrogen-bond donors (Lipinski definition) is 1. The van der Waals surface area contributed by atoms with Crippen LogP contribution in [0.4, 0.5) is 0 Å². The smallest absolute Gasteiger partial charge is 0.0319 e. The van der Waals surface area contributed by atoms with Gasteiger partial charge < -0.3 is 5.11 Å². The molecule has 0 aliphatic heterocycles. The van der Waals surface area contributed by atoms with Crippen molar-refractivity contribution in [2.24, 2.45) is 0 Å². The van der Waals surface area contributed by atoms with Crippen LogP contribution in [-0.2, 0) is 0 Å². The quantitative estimate of drug-likeness (QED) is 0.530. The third kappa shape index (κ3) is 2.91. The van der Waals surface area contributed by atoms with Crippen LogP contribution in [0.5, 0.6) is 0 Å². The summed E-state index contributed by atoms with van der Waals surface area (Å²) in [5, 5.41) is 7.00. The van der Waals surface area contributed by atoms with Crippen LogP contribution >= 0.6 is 0 Å². The maximum absolute atomic E-state index is 7.00. The van der Waals surface area contributed by atoms with Crippen LogP contribution in [0.25, 0.3) is 0 Å². The maximum atomic E-state index is 7.00. The van der Waals surface area contributed by atoms with Gasteiger partial charge in [0.2, 0.25) is 0 Å². The van der Waals surface area contributed by atoms with Gasteiger partial charge in [-0.1, -0.05) is 24.1 Å². The molecule has 1 heteroatoms. The molecule has 0 saturated carbocycles. The van der Waals surface area contributed by atoms with E-state index in [0.29, 0.717) is 0 Å². The van der Waals surface area contributed by atoms with E-state index >= 15 is 0 Å². The standard InChI is InChI=1S/C8H6.CH4O/c1-2-8-6-4-3-5-7-8;1-2/h1,3-7H;2H,1H3. The lowest BCUT2D eigenvalue weighted by atomic mass is 10.2. The molecule has 0 amide bonds. The molecule has 0 aliphatic carbocycles. The number of hydrogen-bond acceptors (Lipinski definition) is 1. The van der Waals surface area contributed by atoms with Crippen LogP contribution in [0.3, 0.4) is 0 Å². The van der Waals surface area contributed by atoms with E-state index in [9.17, 15) is 0 Å². The highest BCUT2D eigenvalue weighted by molar-refractivity contribution is 5.30. The van der Waals surface area contributed by atoms with Gasteiger partial charge in [-0.3, -0.25) is 0 Å². The van der Waals surface area contributed by atoms with Crippen molar-refractivity contribution >= 4 is 0 Å². The fourth-order valence-electron chi connectivity index (χ4n) is 0.534. The molecule has 1 aromatic carbocycles. The molecular formula is C9H10O. The van der Waals surface area contributed by atoms with Gasteiger partial charge in [-0.15, -0.1) is 6.42 Å². The average molecular weight is 134 g/mol. The van der Waals surface area contributed by atoms with E-state index in [2.05, 4.69) is 5.92 Å². The first kappa shape index (κ1) is 8.74. The van der Waals surface area contributed by atoms with Crippen molar-refractivity contribution < 1.29 is 5.11 Å². The molecule has 1 nitrogen and oxygen atoms in total. The first-order valence-corrected chi connectivity index (χ1v) is 2.90. The van der Waals surface area contributed by atoms with E-state index < -0.39 is 0 Å². The molecule has 52 valence electrons. The summed E-state index contributed by atoms with van der Waals surface area (Å²) >= 11 is 0. The molecule has 0 aliphatic rings. The summed E-state index contributed by atoms with van der Waals surface area (Å²) in [5.41, 5.74) is 0.938. The molecular weight excluding hydrogens is 124 g/mol. The van der Waals surface area contributed by atoms with Gasteiger partial charge in [-0.2, -0.15) is 0 Å². The summed E-state index contributed by atoms with van der Waals surface area (Å²) in [6.07, 6.45) is 5.10. The highest BCUT2D eigenvalue weighted by Crippen LogP contribution is 1.92. The van der Waals surface area contributed by atoms with E-state index in [0.717, 1.165) is 12.7 Å². The van der Waals surface area contributed by atoms with Crippen molar-refractivity contribution in [3.8, 4) is 12.3 Å². The second-order valence-electron chi connectivity index (χ2n) is 1.51. The van der Waals surface area contributed by atoms with Crippen LogP contribution < -0.4 is 0 Å². The van der Waals surface area contributed by atoms with Gasteiger partial charge in [0.25, 0.3) is 0 Å². The third-order valence-electron chi connectivity index (χ3n) is 0.940. The fourth-order valence-corrected chi connectivity index (χ4v) is 0.534. The molecule has 0 heterocycles. The SMILES string of the molecule is C#Cc1ccccc1.CO. The predicted molar refractivity (Wildman–Crippen MR) is 42.5 cm³/mol. The van der Waals surface area contributed by atoms with Gasteiger partial charge in [0.05, 0.1) is 0 Å². The van der Waals surface area contributed by atoms with Gasteiger partial charge in [-0.05, 0) is 12.1 Å².